The summed E-state index contributed by atoms with van der Waals surface area (Å²) in [7, 11) is 3.17. The highest BCUT2D eigenvalue weighted by molar-refractivity contribution is 5.92. The summed E-state index contributed by atoms with van der Waals surface area (Å²) < 4.78 is 21.4. The molecule has 0 spiro atoms. The van der Waals surface area contributed by atoms with Gasteiger partial charge in [-0.3, -0.25) is 4.79 Å². The molecule has 0 aliphatic heterocycles. The average Bonchev–Trinajstić information content (AvgIpc) is 3.21. The number of nitrogens with one attached hydrogen (secondary N) is 1. The summed E-state index contributed by atoms with van der Waals surface area (Å²) in [6, 6.07) is 16.6. The molecule has 1 aromatic heterocycles. The van der Waals surface area contributed by atoms with Crippen molar-refractivity contribution in [2.45, 2.75) is 19.6 Å². The topological polar surface area (TPSA) is 69.9 Å². The fraction of sp³-hybridized carbons (Fsp3) is 0.227. The highest BCUT2D eigenvalue weighted by Crippen LogP contribution is 2.25. The molecule has 6 heteroatoms. The second-order valence-corrected chi connectivity index (χ2v) is 6.18. The zero-order chi connectivity index (χ0) is 19.8. The lowest BCUT2D eigenvalue weighted by molar-refractivity contribution is -0.115. The van der Waals surface area contributed by atoms with Gasteiger partial charge in [0.25, 0.3) is 0 Å². The minimum Gasteiger partial charge on any atom is -0.497 e. The largest absolute Gasteiger partial charge is 0.497 e. The molecular weight excluding hydrogens is 358 g/mol. The fourth-order valence-electron chi connectivity index (χ4n) is 2.80. The Bertz CT molecular complexity index is 905. The summed E-state index contributed by atoms with van der Waals surface area (Å²) in [5.74, 6) is 1.97. The molecule has 146 valence electrons. The molecule has 1 N–H and O–H groups in total. The molecule has 28 heavy (non-hydrogen) atoms. The number of ether oxygens (including phenoxy) is 3. The molecule has 0 aliphatic rings. The number of anilines is 1. The Morgan fingerprint density at radius 3 is 2.64 bits per heavy atom. The molecule has 6 nitrogen and oxygen atoms in total. The van der Waals surface area contributed by atoms with Gasteiger partial charge in [-0.05, 0) is 48.0 Å². The summed E-state index contributed by atoms with van der Waals surface area (Å²) >= 11 is 0. The Morgan fingerprint density at radius 2 is 1.89 bits per heavy atom. The minimum atomic E-state index is -0.139. The molecule has 0 atom stereocenters. The number of rotatable bonds is 9. The van der Waals surface area contributed by atoms with Crippen molar-refractivity contribution in [2.75, 3.05) is 19.5 Å². The standard InChI is InChI=1S/C22H23NO5/c1-25-19-8-9-21(26-2)17(12-19)13-22(24)23-18-6-3-5-16(11-18)14-27-15-20-7-4-10-28-20/h3-12H,13-15H2,1-2H3,(H,23,24). The molecular formula is C22H23NO5. The van der Waals surface area contributed by atoms with Gasteiger partial charge in [-0.25, -0.2) is 0 Å². The van der Waals surface area contributed by atoms with Crippen molar-refractivity contribution in [3.05, 3.63) is 77.7 Å². The van der Waals surface area contributed by atoms with E-state index in [2.05, 4.69) is 5.32 Å². The molecule has 3 rings (SSSR count). The number of carbonyl (C=O) groups excluding carboxylic acids is 1. The molecule has 1 heterocycles. The molecule has 0 unspecified atom stereocenters. The molecule has 0 saturated heterocycles. The van der Waals surface area contributed by atoms with E-state index in [9.17, 15) is 4.79 Å². The van der Waals surface area contributed by atoms with Crippen LogP contribution in [0.4, 0.5) is 5.69 Å². The maximum absolute atomic E-state index is 12.5. The minimum absolute atomic E-state index is 0.139. The third-order valence-corrected chi connectivity index (χ3v) is 4.14. The first-order valence-corrected chi connectivity index (χ1v) is 8.88. The maximum Gasteiger partial charge on any atom is 0.228 e. The highest BCUT2D eigenvalue weighted by atomic mass is 16.5. The summed E-state index contributed by atoms with van der Waals surface area (Å²) in [5, 5.41) is 2.91. The zero-order valence-corrected chi connectivity index (χ0v) is 15.9. The van der Waals surface area contributed by atoms with Gasteiger partial charge in [0, 0.05) is 11.3 Å². The number of hydrogen-bond donors (Lipinski definition) is 1. The highest BCUT2D eigenvalue weighted by Gasteiger charge is 2.11. The van der Waals surface area contributed by atoms with E-state index in [1.54, 1.807) is 38.7 Å². The number of carbonyl (C=O) groups is 1. The smallest absolute Gasteiger partial charge is 0.228 e. The van der Waals surface area contributed by atoms with Gasteiger partial charge < -0.3 is 23.9 Å². The summed E-state index contributed by atoms with van der Waals surface area (Å²) in [4.78, 5) is 12.5. The first-order chi connectivity index (χ1) is 13.7. The lowest BCUT2D eigenvalue weighted by atomic mass is 10.1. The second-order valence-electron chi connectivity index (χ2n) is 6.18. The van der Waals surface area contributed by atoms with Crippen LogP contribution in [0.15, 0.2) is 65.3 Å². The normalized spacial score (nSPS) is 10.5. The first kappa shape index (κ1) is 19.5. The quantitative estimate of drug-likeness (QED) is 0.602. The third-order valence-electron chi connectivity index (χ3n) is 4.14. The van der Waals surface area contributed by atoms with Crippen molar-refractivity contribution in [2.24, 2.45) is 0 Å². The van der Waals surface area contributed by atoms with Gasteiger partial charge in [0.2, 0.25) is 5.91 Å². The molecule has 0 radical (unpaired) electrons. The summed E-state index contributed by atoms with van der Waals surface area (Å²) in [5.41, 5.74) is 2.44. The van der Waals surface area contributed by atoms with Gasteiger partial charge >= 0.3 is 0 Å². The van der Waals surface area contributed by atoms with Gasteiger partial charge in [-0.1, -0.05) is 12.1 Å². The Morgan fingerprint density at radius 1 is 1.00 bits per heavy atom. The molecule has 0 bridgehead atoms. The number of benzene rings is 2. The Labute approximate surface area is 164 Å². The van der Waals surface area contributed by atoms with Gasteiger partial charge in [0.15, 0.2) is 0 Å². The summed E-state index contributed by atoms with van der Waals surface area (Å²) in [6.45, 7) is 0.827. The number of methoxy groups -OCH3 is 2. The lowest BCUT2D eigenvalue weighted by Crippen LogP contribution is -2.15. The molecule has 2 aromatic carbocycles. The van der Waals surface area contributed by atoms with E-state index in [1.165, 1.54) is 0 Å². The molecule has 1 amide bonds. The van der Waals surface area contributed by atoms with Gasteiger partial charge in [-0.2, -0.15) is 0 Å². The Balaban J connectivity index is 1.58. The third kappa shape index (κ3) is 5.37. The number of hydrogen-bond acceptors (Lipinski definition) is 5. The van der Waals surface area contributed by atoms with E-state index in [0.29, 0.717) is 30.4 Å². The second kappa shape index (κ2) is 9.62. The van der Waals surface area contributed by atoms with Crippen LogP contribution < -0.4 is 14.8 Å². The zero-order valence-electron chi connectivity index (χ0n) is 15.9. The van der Waals surface area contributed by atoms with Crippen LogP contribution in [0.5, 0.6) is 11.5 Å². The van der Waals surface area contributed by atoms with Crippen molar-refractivity contribution >= 4 is 11.6 Å². The Hall–Kier alpha value is -3.25. The van der Waals surface area contributed by atoms with Gasteiger partial charge in [0.1, 0.15) is 23.9 Å². The monoisotopic (exact) mass is 381 g/mol. The predicted octanol–water partition coefficient (Wildman–Crippen LogP) is 4.19. The van der Waals surface area contributed by atoms with E-state index in [4.69, 9.17) is 18.6 Å². The Kier molecular flexibility index (Phi) is 6.70. The van der Waals surface area contributed by atoms with E-state index >= 15 is 0 Å². The fourth-order valence-corrected chi connectivity index (χ4v) is 2.80. The van der Waals surface area contributed by atoms with Crippen molar-refractivity contribution in [1.29, 1.82) is 0 Å². The van der Waals surface area contributed by atoms with Gasteiger partial charge in [-0.15, -0.1) is 0 Å². The van der Waals surface area contributed by atoms with E-state index in [0.717, 1.165) is 16.9 Å². The van der Waals surface area contributed by atoms with Crippen LogP contribution in [0.2, 0.25) is 0 Å². The molecule has 0 saturated carbocycles. The number of amides is 1. The van der Waals surface area contributed by atoms with E-state index in [-0.39, 0.29) is 12.3 Å². The molecule has 0 aliphatic carbocycles. The van der Waals surface area contributed by atoms with Crippen LogP contribution in [0.3, 0.4) is 0 Å². The van der Waals surface area contributed by atoms with Crippen molar-refractivity contribution in [3.8, 4) is 11.5 Å². The summed E-state index contributed by atoms with van der Waals surface area (Å²) in [6.07, 6.45) is 1.80. The van der Waals surface area contributed by atoms with E-state index in [1.807, 2.05) is 36.4 Å². The van der Waals surface area contributed by atoms with Crippen LogP contribution >= 0.6 is 0 Å². The van der Waals surface area contributed by atoms with Crippen molar-refractivity contribution in [1.82, 2.24) is 0 Å². The maximum atomic E-state index is 12.5. The lowest BCUT2D eigenvalue weighted by Gasteiger charge is -2.11. The van der Waals surface area contributed by atoms with Crippen LogP contribution in [-0.4, -0.2) is 20.1 Å². The molecule has 0 fully saturated rings. The van der Waals surface area contributed by atoms with Crippen LogP contribution in [0, 0.1) is 0 Å². The van der Waals surface area contributed by atoms with E-state index < -0.39 is 0 Å². The predicted molar refractivity (Wildman–Crippen MR) is 106 cm³/mol. The van der Waals surface area contributed by atoms with Crippen LogP contribution in [0.1, 0.15) is 16.9 Å². The SMILES string of the molecule is COc1ccc(OC)c(CC(=O)Nc2cccc(COCc3ccco3)c2)c1. The van der Waals surface area contributed by atoms with Crippen LogP contribution in [-0.2, 0) is 29.2 Å². The number of furan rings is 1. The van der Waals surface area contributed by atoms with Crippen molar-refractivity contribution in [3.63, 3.8) is 0 Å². The van der Waals surface area contributed by atoms with Crippen molar-refractivity contribution < 1.29 is 23.4 Å². The first-order valence-electron chi connectivity index (χ1n) is 8.88. The average molecular weight is 381 g/mol. The van der Waals surface area contributed by atoms with Crippen LogP contribution in [0.25, 0.3) is 0 Å². The van der Waals surface area contributed by atoms with Gasteiger partial charge in [0.05, 0.1) is 33.5 Å². The molecule has 3 aromatic rings.